The van der Waals surface area contributed by atoms with Crippen LogP contribution in [0.5, 0.6) is 11.5 Å². The third kappa shape index (κ3) is 3.69. The molecule has 0 spiro atoms. The average Bonchev–Trinajstić information content (AvgIpc) is 2.95. The molecule has 0 saturated heterocycles. The number of hydrogen-bond donors (Lipinski definition) is 1. The molecule has 27 heavy (non-hydrogen) atoms. The van der Waals surface area contributed by atoms with Gasteiger partial charge in [-0.3, -0.25) is 4.98 Å². The van der Waals surface area contributed by atoms with Gasteiger partial charge in [-0.1, -0.05) is 12.1 Å². The zero-order valence-corrected chi connectivity index (χ0v) is 15.5. The Bertz CT molecular complexity index is 944. The highest BCUT2D eigenvalue weighted by Gasteiger charge is 2.15. The molecule has 1 N–H and O–H groups in total. The summed E-state index contributed by atoms with van der Waals surface area (Å²) in [6.45, 7) is 5.96. The molecule has 3 heterocycles. The van der Waals surface area contributed by atoms with Crippen molar-refractivity contribution in [2.75, 3.05) is 18.5 Å². The summed E-state index contributed by atoms with van der Waals surface area (Å²) in [7, 11) is 0. The summed E-state index contributed by atoms with van der Waals surface area (Å²) in [4.78, 5) is 13.5. The lowest BCUT2D eigenvalue weighted by Crippen LogP contribution is -2.08. The summed E-state index contributed by atoms with van der Waals surface area (Å²) in [6, 6.07) is 9.83. The van der Waals surface area contributed by atoms with Gasteiger partial charge in [0.25, 0.3) is 0 Å². The summed E-state index contributed by atoms with van der Waals surface area (Å²) < 4.78 is 11.7. The molecule has 1 aliphatic rings. The fraction of sp³-hybridized carbons (Fsp3) is 0.286. The molecule has 138 valence electrons. The van der Waals surface area contributed by atoms with E-state index in [1.807, 2.05) is 44.2 Å². The van der Waals surface area contributed by atoms with Gasteiger partial charge in [0, 0.05) is 47.7 Å². The Balaban J connectivity index is 1.61. The van der Waals surface area contributed by atoms with Crippen LogP contribution < -0.4 is 14.8 Å². The summed E-state index contributed by atoms with van der Waals surface area (Å²) in [6.07, 6.45) is 4.41. The number of pyridine rings is 1. The van der Waals surface area contributed by atoms with Crippen LogP contribution in [-0.4, -0.2) is 28.2 Å². The van der Waals surface area contributed by atoms with Crippen molar-refractivity contribution < 1.29 is 9.47 Å². The van der Waals surface area contributed by atoms with E-state index in [0.29, 0.717) is 25.6 Å². The van der Waals surface area contributed by atoms with Crippen molar-refractivity contribution >= 4 is 5.82 Å². The largest absolute Gasteiger partial charge is 0.490 e. The number of benzene rings is 1. The molecule has 0 atom stereocenters. The van der Waals surface area contributed by atoms with E-state index in [4.69, 9.17) is 14.5 Å². The van der Waals surface area contributed by atoms with Crippen LogP contribution in [0.2, 0.25) is 0 Å². The maximum absolute atomic E-state index is 5.91. The monoisotopic (exact) mass is 362 g/mol. The number of nitrogens with one attached hydrogen (secondary N) is 1. The molecule has 0 fully saturated rings. The molecule has 0 aliphatic carbocycles. The molecule has 0 saturated carbocycles. The summed E-state index contributed by atoms with van der Waals surface area (Å²) in [5.41, 5.74) is 3.92. The molecule has 4 rings (SSSR count). The number of rotatable bonds is 4. The van der Waals surface area contributed by atoms with E-state index in [2.05, 4.69) is 15.3 Å². The molecule has 1 aliphatic heterocycles. The van der Waals surface area contributed by atoms with E-state index < -0.39 is 0 Å². The van der Waals surface area contributed by atoms with E-state index >= 15 is 0 Å². The molecule has 0 bridgehead atoms. The quantitative estimate of drug-likeness (QED) is 0.758. The van der Waals surface area contributed by atoms with Crippen LogP contribution in [0.3, 0.4) is 0 Å². The highest BCUT2D eigenvalue weighted by atomic mass is 16.5. The first-order valence-electron chi connectivity index (χ1n) is 9.09. The van der Waals surface area contributed by atoms with Gasteiger partial charge in [-0.25, -0.2) is 9.97 Å². The summed E-state index contributed by atoms with van der Waals surface area (Å²) in [5, 5.41) is 3.44. The van der Waals surface area contributed by atoms with Crippen LogP contribution in [0.15, 0.2) is 42.7 Å². The minimum atomic E-state index is 0.594. The second-order valence-corrected chi connectivity index (χ2v) is 6.50. The fourth-order valence-corrected chi connectivity index (χ4v) is 3.00. The SMILES string of the molecule is Cc1nc(-c2cccnc2)nc(NCc2cccc3c2OCCCO3)c1C. The minimum absolute atomic E-state index is 0.594. The molecule has 3 aromatic rings. The van der Waals surface area contributed by atoms with Gasteiger partial charge in [-0.15, -0.1) is 0 Å². The summed E-state index contributed by atoms with van der Waals surface area (Å²) in [5.74, 6) is 3.10. The molecule has 2 aromatic heterocycles. The summed E-state index contributed by atoms with van der Waals surface area (Å²) >= 11 is 0. The predicted octanol–water partition coefficient (Wildman–Crippen LogP) is 3.93. The molecule has 0 amide bonds. The van der Waals surface area contributed by atoms with Crippen molar-refractivity contribution in [1.29, 1.82) is 0 Å². The number of nitrogens with zero attached hydrogens (tertiary/aromatic N) is 3. The first-order valence-corrected chi connectivity index (χ1v) is 9.09. The van der Waals surface area contributed by atoms with Gasteiger partial charge in [-0.2, -0.15) is 0 Å². The van der Waals surface area contributed by atoms with E-state index in [-0.39, 0.29) is 0 Å². The van der Waals surface area contributed by atoms with Gasteiger partial charge in [0.1, 0.15) is 5.82 Å². The first kappa shape index (κ1) is 17.3. The van der Waals surface area contributed by atoms with E-state index in [1.54, 1.807) is 12.4 Å². The molecule has 1 aromatic carbocycles. The van der Waals surface area contributed by atoms with Gasteiger partial charge in [0.2, 0.25) is 0 Å². The maximum atomic E-state index is 5.91. The third-order valence-electron chi connectivity index (χ3n) is 4.61. The van der Waals surface area contributed by atoms with E-state index in [1.165, 1.54) is 0 Å². The lowest BCUT2D eigenvalue weighted by Gasteiger charge is -2.15. The number of anilines is 1. The average molecular weight is 362 g/mol. The highest BCUT2D eigenvalue weighted by Crippen LogP contribution is 2.33. The zero-order chi connectivity index (χ0) is 18.6. The normalized spacial score (nSPS) is 13.1. The molecule has 0 radical (unpaired) electrons. The van der Waals surface area contributed by atoms with Gasteiger partial charge < -0.3 is 14.8 Å². The molecule has 6 nitrogen and oxygen atoms in total. The van der Waals surface area contributed by atoms with Crippen molar-refractivity contribution in [3.63, 3.8) is 0 Å². The minimum Gasteiger partial charge on any atom is -0.490 e. The van der Waals surface area contributed by atoms with Gasteiger partial charge in [0.15, 0.2) is 17.3 Å². The second kappa shape index (κ2) is 7.61. The van der Waals surface area contributed by atoms with Gasteiger partial charge in [0.05, 0.1) is 13.2 Å². The smallest absolute Gasteiger partial charge is 0.166 e. The number of ether oxygens (including phenoxy) is 2. The van der Waals surface area contributed by atoms with Crippen LogP contribution in [0, 0.1) is 13.8 Å². The Labute approximate surface area is 158 Å². The van der Waals surface area contributed by atoms with E-state index in [9.17, 15) is 0 Å². The Morgan fingerprint density at radius 3 is 2.78 bits per heavy atom. The molecular weight excluding hydrogens is 340 g/mol. The van der Waals surface area contributed by atoms with Crippen LogP contribution in [-0.2, 0) is 6.54 Å². The molecule has 6 heteroatoms. The van der Waals surface area contributed by atoms with Crippen molar-refractivity contribution in [3.05, 3.63) is 59.5 Å². The zero-order valence-electron chi connectivity index (χ0n) is 15.5. The number of aryl methyl sites for hydroxylation is 1. The Kier molecular flexibility index (Phi) is 4.87. The molecular formula is C21H22N4O2. The van der Waals surface area contributed by atoms with Crippen LogP contribution in [0.4, 0.5) is 5.82 Å². The number of para-hydroxylation sites is 1. The number of hydrogen-bond acceptors (Lipinski definition) is 6. The third-order valence-corrected chi connectivity index (χ3v) is 4.61. The molecule has 0 unspecified atom stereocenters. The standard InChI is InChI=1S/C21H22N4O2/c1-14-15(2)24-21(17-7-4-9-22-12-17)25-20(14)23-13-16-6-3-8-18-19(16)27-11-5-10-26-18/h3-4,6-9,12H,5,10-11,13H2,1-2H3,(H,23,24,25). The van der Waals surface area contributed by atoms with Crippen LogP contribution >= 0.6 is 0 Å². The van der Waals surface area contributed by atoms with Crippen molar-refractivity contribution in [3.8, 4) is 22.9 Å². The predicted molar refractivity (Wildman–Crippen MR) is 104 cm³/mol. The van der Waals surface area contributed by atoms with Crippen LogP contribution in [0.1, 0.15) is 23.2 Å². The lowest BCUT2D eigenvalue weighted by atomic mass is 10.1. The second-order valence-electron chi connectivity index (χ2n) is 6.50. The maximum Gasteiger partial charge on any atom is 0.166 e. The van der Waals surface area contributed by atoms with Crippen molar-refractivity contribution in [2.45, 2.75) is 26.8 Å². The number of aromatic nitrogens is 3. The van der Waals surface area contributed by atoms with Gasteiger partial charge in [-0.05, 0) is 32.0 Å². The first-order chi connectivity index (χ1) is 13.2. The van der Waals surface area contributed by atoms with Crippen molar-refractivity contribution in [2.24, 2.45) is 0 Å². The van der Waals surface area contributed by atoms with Crippen LogP contribution in [0.25, 0.3) is 11.4 Å². The highest BCUT2D eigenvalue weighted by molar-refractivity contribution is 5.59. The fourth-order valence-electron chi connectivity index (χ4n) is 3.00. The topological polar surface area (TPSA) is 69.2 Å². The Morgan fingerprint density at radius 1 is 1.04 bits per heavy atom. The Hall–Kier alpha value is -3.15. The Morgan fingerprint density at radius 2 is 1.93 bits per heavy atom. The van der Waals surface area contributed by atoms with Gasteiger partial charge >= 0.3 is 0 Å². The van der Waals surface area contributed by atoms with Crippen molar-refractivity contribution in [1.82, 2.24) is 15.0 Å². The lowest BCUT2D eigenvalue weighted by molar-refractivity contribution is 0.296. The number of fused-ring (bicyclic) bond motifs is 1. The van der Waals surface area contributed by atoms with E-state index in [0.717, 1.165) is 46.1 Å².